The maximum absolute atomic E-state index is 5.90. The summed E-state index contributed by atoms with van der Waals surface area (Å²) < 4.78 is 5.09. The quantitative estimate of drug-likeness (QED) is 0.845. The van der Waals surface area contributed by atoms with Crippen LogP contribution in [-0.4, -0.2) is 23.7 Å². The van der Waals surface area contributed by atoms with Gasteiger partial charge < -0.3 is 10.5 Å². The molecule has 82 valence electrons. The molecule has 1 aromatic heterocycles. The minimum atomic E-state index is 0.202. The molecule has 0 spiro atoms. The molecule has 1 aromatic rings. The van der Waals surface area contributed by atoms with Crippen LogP contribution in [0.15, 0.2) is 0 Å². The van der Waals surface area contributed by atoms with Crippen LogP contribution < -0.4 is 5.73 Å². The van der Waals surface area contributed by atoms with E-state index in [1.807, 2.05) is 18.7 Å². The van der Waals surface area contributed by atoms with E-state index in [1.165, 1.54) is 0 Å². The molecule has 0 saturated heterocycles. The third-order valence-electron chi connectivity index (χ3n) is 2.48. The van der Waals surface area contributed by atoms with Crippen molar-refractivity contribution < 1.29 is 4.74 Å². The SMILES string of the molecule is COCC(C)c1nc(N)c2c(n1)CSC2. The van der Waals surface area contributed by atoms with Crippen LogP contribution in [0.2, 0.25) is 0 Å². The lowest BCUT2D eigenvalue weighted by atomic mass is 10.1. The van der Waals surface area contributed by atoms with Crippen molar-refractivity contribution in [3.63, 3.8) is 0 Å². The third kappa shape index (κ3) is 2.08. The first kappa shape index (κ1) is 10.7. The summed E-state index contributed by atoms with van der Waals surface area (Å²) in [5, 5.41) is 0. The second-order valence-corrected chi connectivity index (χ2v) is 4.73. The topological polar surface area (TPSA) is 61.0 Å². The number of methoxy groups -OCH3 is 1. The fourth-order valence-corrected chi connectivity index (χ4v) is 2.69. The average molecular weight is 225 g/mol. The predicted octanol–water partition coefficient (Wildman–Crippen LogP) is 1.56. The molecule has 2 rings (SSSR count). The number of ether oxygens (including phenoxy) is 1. The van der Waals surface area contributed by atoms with Gasteiger partial charge in [-0.05, 0) is 0 Å². The molecule has 0 bridgehead atoms. The Labute approximate surface area is 93.6 Å². The van der Waals surface area contributed by atoms with E-state index in [0.29, 0.717) is 12.4 Å². The lowest BCUT2D eigenvalue weighted by Crippen LogP contribution is -2.11. The van der Waals surface area contributed by atoms with Gasteiger partial charge in [-0.25, -0.2) is 9.97 Å². The smallest absolute Gasteiger partial charge is 0.136 e. The second kappa shape index (κ2) is 4.37. The molecular weight excluding hydrogens is 210 g/mol. The Hall–Kier alpha value is -0.810. The number of nitrogen functional groups attached to an aromatic ring is 1. The van der Waals surface area contributed by atoms with E-state index in [9.17, 15) is 0 Å². The van der Waals surface area contributed by atoms with Crippen LogP contribution in [0.4, 0.5) is 5.82 Å². The maximum atomic E-state index is 5.90. The lowest BCUT2D eigenvalue weighted by molar-refractivity contribution is 0.181. The Morgan fingerprint density at radius 3 is 3.00 bits per heavy atom. The number of nitrogens with zero attached hydrogens (tertiary/aromatic N) is 2. The number of thioether (sulfide) groups is 1. The number of rotatable bonds is 3. The summed E-state index contributed by atoms with van der Waals surface area (Å²) in [6, 6.07) is 0. The number of hydrogen-bond acceptors (Lipinski definition) is 5. The van der Waals surface area contributed by atoms with E-state index in [2.05, 4.69) is 9.97 Å². The maximum Gasteiger partial charge on any atom is 0.136 e. The number of aromatic nitrogens is 2. The highest BCUT2D eigenvalue weighted by Gasteiger charge is 2.20. The van der Waals surface area contributed by atoms with Crippen molar-refractivity contribution in [2.45, 2.75) is 24.3 Å². The van der Waals surface area contributed by atoms with Crippen LogP contribution >= 0.6 is 11.8 Å². The van der Waals surface area contributed by atoms with E-state index in [0.717, 1.165) is 28.6 Å². The van der Waals surface area contributed by atoms with Crippen LogP contribution in [0.3, 0.4) is 0 Å². The highest BCUT2D eigenvalue weighted by atomic mass is 32.2. The number of fused-ring (bicyclic) bond motifs is 1. The Bertz CT molecular complexity index is 370. The van der Waals surface area contributed by atoms with Gasteiger partial charge in [-0.2, -0.15) is 11.8 Å². The van der Waals surface area contributed by atoms with Crippen molar-refractivity contribution >= 4 is 17.6 Å². The van der Waals surface area contributed by atoms with Crippen LogP contribution in [0.5, 0.6) is 0 Å². The molecule has 1 atom stereocenters. The van der Waals surface area contributed by atoms with Gasteiger partial charge in [-0.1, -0.05) is 6.92 Å². The van der Waals surface area contributed by atoms with E-state index < -0.39 is 0 Å². The zero-order valence-electron chi connectivity index (χ0n) is 8.99. The first-order chi connectivity index (χ1) is 7.22. The standard InChI is InChI=1S/C10H15N3OS/c1-6(3-14-2)10-12-8-5-15-4-7(8)9(11)13-10/h6H,3-5H2,1-2H3,(H2,11,12,13). The molecule has 0 fully saturated rings. The largest absolute Gasteiger partial charge is 0.384 e. The number of hydrogen-bond donors (Lipinski definition) is 1. The molecule has 5 heteroatoms. The van der Waals surface area contributed by atoms with Crippen molar-refractivity contribution in [2.24, 2.45) is 0 Å². The minimum Gasteiger partial charge on any atom is -0.384 e. The fraction of sp³-hybridized carbons (Fsp3) is 0.600. The molecule has 0 radical (unpaired) electrons. The van der Waals surface area contributed by atoms with Gasteiger partial charge >= 0.3 is 0 Å². The first-order valence-corrected chi connectivity index (χ1v) is 6.09. The Balaban J connectivity index is 2.30. The first-order valence-electron chi connectivity index (χ1n) is 4.94. The molecule has 1 aliphatic rings. The molecule has 1 aliphatic heterocycles. The molecule has 0 amide bonds. The fourth-order valence-electron chi connectivity index (χ4n) is 1.64. The molecule has 15 heavy (non-hydrogen) atoms. The van der Waals surface area contributed by atoms with Crippen molar-refractivity contribution in [3.8, 4) is 0 Å². The van der Waals surface area contributed by atoms with Gasteiger partial charge in [-0.3, -0.25) is 0 Å². The Morgan fingerprint density at radius 1 is 1.47 bits per heavy atom. The van der Waals surface area contributed by atoms with Gasteiger partial charge in [0.1, 0.15) is 11.6 Å². The molecule has 2 N–H and O–H groups in total. The minimum absolute atomic E-state index is 0.202. The highest BCUT2D eigenvalue weighted by molar-refractivity contribution is 7.98. The van der Waals surface area contributed by atoms with Crippen molar-refractivity contribution in [1.82, 2.24) is 9.97 Å². The molecule has 1 unspecified atom stereocenters. The van der Waals surface area contributed by atoms with Gasteiger partial charge in [0.05, 0.1) is 12.3 Å². The third-order valence-corrected chi connectivity index (χ3v) is 3.46. The molecule has 0 aliphatic carbocycles. The van der Waals surface area contributed by atoms with Gasteiger partial charge in [0.15, 0.2) is 0 Å². The monoisotopic (exact) mass is 225 g/mol. The number of anilines is 1. The summed E-state index contributed by atoms with van der Waals surface area (Å²) in [5.74, 6) is 3.54. The van der Waals surface area contributed by atoms with Crippen molar-refractivity contribution in [1.29, 1.82) is 0 Å². The van der Waals surface area contributed by atoms with Gasteiger partial charge in [-0.15, -0.1) is 0 Å². The second-order valence-electron chi connectivity index (χ2n) is 3.74. The van der Waals surface area contributed by atoms with Gasteiger partial charge in [0.2, 0.25) is 0 Å². The van der Waals surface area contributed by atoms with Crippen LogP contribution in [0.25, 0.3) is 0 Å². The molecule has 2 heterocycles. The molecule has 0 saturated carbocycles. The molecular formula is C10H15N3OS. The average Bonchev–Trinajstić information content (AvgIpc) is 2.66. The van der Waals surface area contributed by atoms with Crippen LogP contribution in [-0.2, 0) is 16.2 Å². The zero-order chi connectivity index (χ0) is 10.8. The van der Waals surface area contributed by atoms with E-state index in [4.69, 9.17) is 10.5 Å². The summed E-state index contributed by atoms with van der Waals surface area (Å²) in [4.78, 5) is 8.88. The van der Waals surface area contributed by atoms with Gasteiger partial charge in [0.25, 0.3) is 0 Å². The molecule has 0 aromatic carbocycles. The summed E-state index contributed by atoms with van der Waals surface area (Å²) in [7, 11) is 1.68. The van der Waals surface area contributed by atoms with Crippen LogP contribution in [0, 0.1) is 0 Å². The summed E-state index contributed by atoms with van der Waals surface area (Å²) in [5.41, 5.74) is 8.12. The van der Waals surface area contributed by atoms with E-state index in [-0.39, 0.29) is 5.92 Å². The van der Waals surface area contributed by atoms with Crippen LogP contribution in [0.1, 0.15) is 29.9 Å². The summed E-state index contributed by atoms with van der Waals surface area (Å²) >= 11 is 1.84. The summed E-state index contributed by atoms with van der Waals surface area (Å²) in [6.45, 7) is 2.68. The normalized spacial score (nSPS) is 16.4. The highest BCUT2D eigenvalue weighted by Crippen LogP contribution is 2.32. The van der Waals surface area contributed by atoms with Crippen molar-refractivity contribution in [2.75, 3.05) is 19.5 Å². The zero-order valence-corrected chi connectivity index (χ0v) is 9.80. The van der Waals surface area contributed by atoms with E-state index >= 15 is 0 Å². The lowest BCUT2D eigenvalue weighted by Gasteiger charge is -2.11. The Kier molecular flexibility index (Phi) is 3.11. The molecule has 4 nitrogen and oxygen atoms in total. The predicted molar refractivity (Wildman–Crippen MR) is 61.7 cm³/mol. The van der Waals surface area contributed by atoms with Crippen molar-refractivity contribution in [3.05, 3.63) is 17.1 Å². The van der Waals surface area contributed by atoms with Gasteiger partial charge in [0, 0.05) is 30.1 Å². The summed E-state index contributed by atoms with van der Waals surface area (Å²) in [6.07, 6.45) is 0. The van der Waals surface area contributed by atoms with E-state index in [1.54, 1.807) is 7.11 Å². The Morgan fingerprint density at radius 2 is 2.27 bits per heavy atom. The number of nitrogens with two attached hydrogens (primary N) is 1.